The highest BCUT2D eigenvalue weighted by molar-refractivity contribution is 5.79. The molecule has 0 aromatic rings. The average Bonchev–Trinajstić information content (AvgIpc) is 2.56. The SMILES string of the molecule is CN1CCC(CCN2CCN(C3CCN(C)CC3)CC2=O)CC1. The van der Waals surface area contributed by atoms with Gasteiger partial charge in [-0.05, 0) is 78.3 Å². The van der Waals surface area contributed by atoms with Crippen molar-refractivity contribution in [3.8, 4) is 0 Å². The Hall–Kier alpha value is -0.650. The Bertz CT molecular complexity index is 386. The average molecular weight is 322 g/mol. The molecule has 1 amide bonds. The zero-order valence-corrected chi connectivity index (χ0v) is 15.0. The maximum Gasteiger partial charge on any atom is 0.236 e. The third kappa shape index (κ3) is 4.68. The highest BCUT2D eigenvalue weighted by atomic mass is 16.2. The predicted octanol–water partition coefficient (Wildman–Crippen LogP) is 0.957. The largest absolute Gasteiger partial charge is 0.340 e. The second-order valence-electron chi connectivity index (χ2n) is 7.92. The van der Waals surface area contributed by atoms with Crippen LogP contribution in [0, 0.1) is 5.92 Å². The summed E-state index contributed by atoms with van der Waals surface area (Å²) in [5.41, 5.74) is 0. The summed E-state index contributed by atoms with van der Waals surface area (Å²) in [7, 11) is 4.41. The van der Waals surface area contributed by atoms with Crippen LogP contribution in [-0.4, -0.2) is 98.0 Å². The molecule has 0 spiro atoms. The maximum absolute atomic E-state index is 12.5. The van der Waals surface area contributed by atoms with E-state index < -0.39 is 0 Å². The van der Waals surface area contributed by atoms with Crippen LogP contribution in [0.5, 0.6) is 0 Å². The molecule has 0 aromatic heterocycles. The van der Waals surface area contributed by atoms with E-state index in [1.165, 1.54) is 58.3 Å². The predicted molar refractivity (Wildman–Crippen MR) is 93.5 cm³/mol. The lowest BCUT2D eigenvalue weighted by Crippen LogP contribution is -2.55. The molecule has 5 nitrogen and oxygen atoms in total. The molecule has 0 saturated carbocycles. The van der Waals surface area contributed by atoms with Crippen LogP contribution in [0.25, 0.3) is 0 Å². The summed E-state index contributed by atoms with van der Waals surface area (Å²) < 4.78 is 0. The number of hydrogen-bond donors (Lipinski definition) is 0. The van der Waals surface area contributed by atoms with Gasteiger partial charge in [-0.15, -0.1) is 0 Å². The summed E-state index contributed by atoms with van der Waals surface area (Å²) in [6, 6.07) is 0.631. The maximum atomic E-state index is 12.5. The number of nitrogens with zero attached hydrogens (tertiary/aromatic N) is 4. The van der Waals surface area contributed by atoms with Gasteiger partial charge in [-0.25, -0.2) is 0 Å². The van der Waals surface area contributed by atoms with Gasteiger partial charge in [0.1, 0.15) is 0 Å². The molecule has 0 aliphatic carbocycles. The molecule has 3 rings (SSSR count). The molecule has 0 radical (unpaired) electrons. The Morgan fingerprint density at radius 3 is 2.09 bits per heavy atom. The number of hydrogen-bond acceptors (Lipinski definition) is 4. The highest BCUT2D eigenvalue weighted by Gasteiger charge is 2.30. The number of piperidine rings is 2. The van der Waals surface area contributed by atoms with E-state index in [2.05, 4.69) is 33.7 Å². The lowest BCUT2D eigenvalue weighted by Gasteiger charge is -2.42. The topological polar surface area (TPSA) is 30.0 Å². The third-order valence-corrected chi connectivity index (χ3v) is 6.20. The molecule has 0 N–H and O–H groups in total. The summed E-state index contributed by atoms with van der Waals surface area (Å²) in [6.45, 7) is 8.46. The van der Waals surface area contributed by atoms with Gasteiger partial charge in [0.25, 0.3) is 0 Å². The molecule has 0 atom stereocenters. The summed E-state index contributed by atoms with van der Waals surface area (Å²) in [4.78, 5) is 21.9. The van der Waals surface area contributed by atoms with E-state index >= 15 is 0 Å². The number of rotatable bonds is 4. The van der Waals surface area contributed by atoms with Crippen LogP contribution in [0.3, 0.4) is 0 Å². The van der Waals surface area contributed by atoms with Crippen molar-refractivity contribution >= 4 is 5.91 Å². The number of carbonyl (C=O) groups is 1. The van der Waals surface area contributed by atoms with Gasteiger partial charge in [0.2, 0.25) is 5.91 Å². The highest BCUT2D eigenvalue weighted by Crippen LogP contribution is 2.21. The smallest absolute Gasteiger partial charge is 0.236 e. The van der Waals surface area contributed by atoms with Crippen molar-refractivity contribution in [2.24, 2.45) is 5.92 Å². The van der Waals surface area contributed by atoms with Crippen molar-refractivity contribution < 1.29 is 4.79 Å². The molecular weight excluding hydrogens is 288 g/mol. The van der Waals surface area contributed by atoms with Gasteiger partial charge < -0.3 is 14.7 Å². The summed E-state index contributed by atoms with van der Waals surface area (Å²) >= 11 is 0. The lowest BCUT2D eigenvalue weighted by atomic mass is 9.93. The molecule has 5 heteroatoms. The number of piperazine rings is 1. The van der Waals surface area contributed by atoms with Crippen LogP contribution in [0.1, 0.15) is 32.1 Å². The minimum Gasteiger partial charge on any atom is -0.340 e. The van der Waals surface area contributed by atoms with Crippen LogP contribution in [-0.2, 0) is 4.79 Å². The standard InChI is InChI=1S/C18H34N4O/c1-19-8-3-16(4-9-19)5-12-21-13-14-22(15-18(21)23)17-6-10-20(2)11-7-17/h16-17H,3-15H2,1-2H3. The number of likely N-dealkylation sites (tertiary alicyclic amines) is 2. The minimum absolute atomic E-state index is 0.364. The van der Waals surface area contributed by atoms with E-state index in [0.29, 0.717) is 18.5 Å². The van der Waals surface area contributed by atoms with Gasteiger partial charge in [-0.2, -0.15) is 0 Å². The molecule has 23 heavy (non-hydrogen) atoms. The number of amides is 1. The van der Waals surface area contributed by atoms with Crippen molar-refractivity contribution in [3.05, 3.63) is 0 Å². The van der Waals surface area contributed by atoms with Gasteiger partial charge in [-0.1, -0.05) is 0 Å². The van der Waals surface area contributed by atoms with Gasteiger partial charge in [0.15, 0.2) is 0 Å². The zero-order chi connectivity index (χ0) is 16.2. The van der Waals surface area contributed by atoms with Crippen molar-refractivity contribution in [2.45, 2.75) is 38.1 Å². The Labute approximate surface area is 141 Å². The Balaban J connectivity index is 1.39. The molecule has 3 heterocycles. The Morgan fingerprint density at radius 1 is 0.870 bits per heavy atom. The van der Waals surface area contributed by atoms with Crippen molar-refractivity contribution in [3.63, 3.8) is 0 Å². The first-order valence-corrected chi connectivity index (χ1v) is 9.50. The van der Waals surface area contributed by atoms with Crippen LogP contribution in [0.4, 0.5) is 0 Å². The molecule has 3 fully saturated rings. The van der Waals surface area contributed by atoms with E-state index in [1.54, 1.807) is 0 Å². The molecule has 0 unspecified atom stereocenters. The summed E-state index contributed by atoms with van der Waals surface area (Å²) in [5, 5.41) is 0. The first-order valence-electron chi connectivity index (χ1n) is 9.50. The fraction of sp³-hybridized carbons (Fsp3) is 0.944. The van der Waals surface area contributed by atoms with Crippen LogP contribution in [0.15, 0.2) is 0 Å². The van der Waals surface area contributed by atoms with E-state index in [-0.39, 0.29) is 0 Å². The van der Waals surface area contributed by atoms with Crippen molar-refractivity contribution in [2.75, 3.05) is 66.5 Å². The van der Waals surface area contributed by atoms with Crippen LogP contribution in [0.2, 0.25) is 0 Å². The molecule has 3 aliphatic rings. The fourth-order valence-electron chi connectivity index (χ4n) is 4.32. The van der Waals surface area contributed by atoms with Gasteiger partial charge >= 0.3 is 0 Å². The van der Waals surface area contributed by atoms with Crippen molar-refractivity contribution in [1.82, 2.24) is 19.6 Å². The molecule has 3 aliphatic heterocycles. The first-order chi connectivity index (χ1) is 11.1. The Kier molecular flexibility index (Phi) is 5.94. The van der Waals surface area contributed by atoms with Crippen molar-refractivity contribution in [1.29, 1.82) is 0 Å². The number of carbonyl (C=O) groups excluding carboxylic acids is 1. The monoisotopic (exact) mass is 322 g/mol. The fourth-order valence-corrected chi connectivity index (χ4v) is 4.32. The minimum atomic E-state index is 0.364. The van der Waals surface area contributed by atoms with E-state index in [4.69, 9.17) is 0 Å². The summed E-state index contributed by atoms with van der Waals surface area (Å²) in [5.74, 6) is 1.19. The van der Waals surface area contributed by atoms with Gasteiger partial charge in [0, 0.05) is 25.7 Å². The van der Waals surface area contributed by atoms with Gasteiger partial charge in [0.05, 0.1) is 6.54 Å². The third-order valence-electron chi connectivity index (χ3n) is 6.20. The molecule has 132 valence electrons. The molecule has 0 bridgehead atoms. The van der Waals surface area contributed by atoms with E-state index in [1.807, 2.05) is 0 Å². The van der Waals surface area contributed by atoms with E-state index in [0.717, 1.165) is 25.6 Å². The zero-order valence-electron chi connectivity index (χ0n) is 15.0. The van der Waals surface area contributed by atoms with Gasteiger partial charge in [-0.3, -0.25) is 9.69 Å². The normalized spacial score (nSPS) is 27.7. The second kappa shape index (κ2) is 7.95. The molecular formula is C18H34N4O. The lowest BCUT2D eigenvalue weighted by molar-refractivity contribution is -0.137. The first kappa shape index (κ1) is 17.2. The summed E-state index contributed by atoms with van der Waals surface area (Å²) in [6.07, 6.45) is 6.26. The molecule has 0 aromatic carbocycles. The van der Waals surface area contributed by atoms with E-state index in [9.17, 15) is 4.79 Å². The quantitative estimate of drug-likeness (QED) is 0.771. The molecule has 3 saturated heterocycles. The van der Waals surface area contributed by atoms with Crippen LogP contribution >= 0.6 is 0 Å². The van der Waals surface area contributed by atoms with Crippen LogP contribution < -0.4 is 0 Å². The second-order valence-corrected chi connectivity index (χ2v) is 7.92. The Morgan fingerprint density at radius 2 is 1.48 bits per heavy atom.